The third-order valence-corrected chi connectivity index (χ3v) is 6.12. The van der Waals surface area contributed by atoms with Gasteiger partial charge in [-0.2, -0.15) is 10.2 Å². The summed E-state index contributed by atoms with van der Waals surface area (Å²) in [4.78, 5) is 21.1. The third kappa shape index (κ3) is 3.32. The minimum Gasteiger partial charge on any atom is -0.365 e. The van der Waals surface area contributed by atoms with Gasteiger partial charge in [-0.25, -0.2) is 9.37 Å². The number of para-hydroxylation sites is 1. The molecule has 30 heavy (non-hydrogen) atoms. The van der Waals surface area contributed by atoms with Crippen molar-refractivity contribution in [2.45, 2.75) is 38.3 Å². The summed E-state index contributed by atoms with van der Waals surface area (Å²) in [5.74, 6) is 0.539. The minimum absolute atomic E-state index is 0.0345. The first-order chi connectivity index (χ1) is 14.6. The highest BCUT2D eigenvalue weighted by molar-refractivity contribution is 5.98. The Balaban J connectivity index is 1.44. The third-order valence-electron chi connectivity index (χ3n) is 6.12. The number of hydrogen-bond donors (Lipinski definition) is 1. The smallest absolute Gasteiger partial charge is 0.256 e. The molecule has 7 nitrogen and oxygen atoms in total. The molecule has 3 aliphatic rings. The summed E-state index contributed by atoms with van der Waals surface area (Å²) in [6.45, 7) is 2.69. The number of nitrogens with zero attached hydrogens (tertiary/aromatic N) is 5. The lowest BCUT2D eigenvalue weighted by Gasteiger charge is -2.50. The van der Waals surface area contributed by atoms with E-state index in [9.17, 15) is 9.18 Å². The molecule has 2 aliphatic heterocycles. The number of nitrogens with one attached hydrogen (secondary N) is 1. The number of benzene rings is 1. The lowest BCUT2D eigenvalue weighted by Crippen LogP contribution is -2.59. The van der Waals surface area contributed by atoms with Crippen molar-refractivity contribution in [3.63, 3.8) is 0 Å². The Kier molecular flexibility index (Phi) is 4.69. The Morgan fingerprint density at radius 3 is 2.73 bits per heavy atom. The van der Waals surface area contributed by atoms with Crippen LogP contribution in [0.2, 0.25) is 0 Å². The van der Waals surface area contributed by atoms with E-state index in [1.54, 1.807) is 12.1 Å². The fraction of sp³-hybridized carbons (Fsp3) is 0.364. The van der Waals surface area contributed by atoms with Crippen LogP contribution in [0.3, 0.4) is 0 Å². The van der Waals surface area contributed by atoms with Crippen molar-refractivity contribution in [3.05, 3.63) is 65.9 Å². The zero-order valence-corrected chi connectivity index (χ0v) is 16.7. The van der Waals surface area contributed by atoms with Gasteiger partial charge in [0.05, 0.1) is 24.0 Å². The van der Waals surface area contributed by atoms with Crippen LogP contribution < -0.4 is 5.32 Å². The highest BCUT2D eigenvalue weighted by Crippen LogP contribution is 2.38. The Labute approximate surface area is 173 Å². The molecule has 2 bridgehead atoms. The first kappa shape index (κ1) is 18.7. The lowest BCUT2D eigenvalue weighted by molar-refractivity contribution is 0.0281. The number of amides is 1. The molecular weight excluding hydrogens is 383 g/mol. The van der Waals surface area contributed by atoms with Crippen molar-refractivity contribution in [3.8, 4) is 5.69 Å². The minimum atomic E-state index is -0.516. The van der Waals surface area contributed by atoms with E-state index < -0.39 is 5.82 Å². The molecule has 0 radical (unpaired) electrons. The second-order valence-electron chi connectivity index (χ2n) is 8.13. The number of rotatable bonds is 4. The van der Waals surface area contributed by atoms with Crippen molar-refractivity contribution in [2.24, 2.45) is 5.92 Å². The summed E-state index contributed by atoms with van der Waals surface area (Å²) >= 11 is 0. The van der Waals surface area contributed by atoms with Gasteiger partial charge < -0.3 is 10.2 Å². The zero-order valence-electron chi connectivity index (χ0n) is 16.7. The van der Waals surface area contributed by atoms with Crippen LogP contribution in [0.15, 0.2) is 48.9 Å². The van der Waals surface area contributed by atoms with Crippen LogP contribution in [-0.4, -0.2) is 49.4 Å². The topological polar surface area (TPSA) is 75.9 Å². The Morgan fingerprint density at radius 2 is 2.00 bits per heavy atom. The van der Waals surface area contributed by atoms with Gasteiger partial charge in [-0.05, 0) is 55.9 Å². The van der Waals surface area contributed by atoms with Crippen LogP contribution in [0, 0.1) is 18.7 Å². The summed E-state index contributed by atoms with van der Waals surface area (Å²) in [6.07, 6.45) is 7.80. The predicted octanol–water partition coefficient (Wildman–Crippen LogP) is 3.22. The van der Waals surface area contributed by atoms with E-state index in [4.69, 9.17) is 0 Å². The van der Waals surface area contributed by atoms with Gasteiger partial charge in [-0.15, -0.1) is 4.80 Å². The number of halogens is 1. The Bertz CT molecular complexity index is 1050. The molecular formula is C22H23FN6O. The summed E-state index contributed by atoms with van der Waals surface area (Å²) in [6, 6.07) is 8.68. The summed E-state index contributed by atoms with van der Waals surface area (Å²) in [7, 11) is 0. The van der Waals surface area contributed by atoms with Gasteiger partial charge in [-0.1, -0.05) is 12.1 Å². The van der Waals surface area contributed by atoms with E-state index in [2.05, 4.69) is 20.5 Å². The largest absolute Gasteiger partial charge is 0.365 e. The van der Waals surface area contributed by atoms with Crippen LogP contribution in [0.5, 0.6) is 0 Å². The van der Waals surface area contributed by atoms with E-state index in [1.165, 1.54) is 23.3 Å². The molecule has 1 amide bonds. The number of aromatic nitrogens is 4. The average Bonchev–Trinajstić information content (AvgIpc) is 3.29. The molecule has 8 heteroatoms. The van der Waals surface area contributed by atoms with Crippen LogP contribution in [0.1, 0.15) is 35.2 Å². The fourth-order valence-corrected chi connectivity index (χ4v) is 4.70. The molecule has 1 saturated carbocycles. The summed E-state index contributed by atoms with van der Waals surface area (Å²) < 4.78 is 14.6. The predicted molar refractivity (Wildman–Crippen MR) is 110 cm³/mol. The number of pyridine rings is 1. The van der Waals surface area contributed by atoms with Crippen LogP contribution in [0.25, 0.3) is 5.69 Å². The van der Waals surface area contributed by atoms with Gasteiger partial charge in [0.1, 0.15) is 11.5 Å². The van der Waals surface area contributed by atoms with E-state index >= 15 is 0 Å². The van der Waals surface area contributed by atoms with Crippen LogP contribution >= 0.6 is 0 Å². The molecule has 2 aromatic heterocycles. The number of anilines is 1. The highest BCUT2D eigenvalue weighted by Gasteiger charge is 2.43. The van der Waals surface area contributed by atoms with E-state index in [0.717, 1.165) is 30.6 Å². The summed E-state index contributed by atoms with van der Waals surface area (Å²) in [5, 5.41) is 11.6. The van der Waals surface area contributed by atoms with Crippen LogP contribution in [-0.2, 0) is 0 Å². The highest BCUT2D eigenvalue weighted by atomic mass is 19.1. The molecule has 3 fully saturated rings. The van der Waals surface area contributed by atoms with Gasteiger partial charge in [-0.3, -0.25) is 4.79 Å². The van der Waals surface area contributed by atoms with E-state index in [0.29, 0.717) is 12.5 Å². The molecule has 3 atom stereocenters. The van der Waals surface area contributed by atoms with Gasteiger partial charge in [0.25, 0.3) is 5.91 Å². The number of carbonyl (C=O) groups is 1. The van der Waals surface area contributed by atoms with Crippen molar-refractivity contribution >= 4 is 11.7 Å². The van der Waals surface area contributed by atoms with Gasteiger partial charge in [0.15, 0.2) is 5.82 Å². The normalized spacial score (nSPS) is 22.9. The molecule has 4 heterocycles. The van der Waals surface area contributed by atoms with E-state index in [-0.39, 0.29) is 29.2 Å². The number of carbonyl (C=O) groups excluding carboxylic acids is 1. The first-order valence-corrected chi connectivity index (χ1v) is 10.3. The van der Waals surface area contributed by atoms with Crippen molar-refractivity contribution in [1.82, 2.24) is 24.9 Å². The molecule has 0 unspecified atom stereocenters. The van der Waals surface area contributed by atoms with Gasteiger partial charge in [0.2, 0.25) is 0 Å². The molecule has 1 aliphatic carbocycles. The molecule has 154 valence electrons. The maximum atomic E-state index is 14.6. The fourth-order valence-electron chi connectivity index (χ4n) is 4.70. The van der Waals surface area contributed by atoms with Crippen molar-refractivity contribution < 1.29 is 9.18 Å². The number of piperidine rings is 2. The second kappa shape index (κ2) is 7.51. The Morgan fingerprint density at radius 1 is 1.17 bits per heavy atom. The monoisotopic (exact) mass is 406 g/mol. The molecule has 2 saturated heterocycles. The maximum absolute atomic E-state index is 14.6. The average molecular weight is 406 g/mol. The quantitative estimate of drug-likeness (QED) is 0.720. The molecule has 6 rings (SSSR count). The van der Waals surface area contributed by atoms with Crippen molar-refractivity contribution in [2.75, 3.05) is 11.9 Å². The number of hydrogen-bond acceptors (Lipinski definition) is 5. The van der Waals surface area contributed by atoms with Crippen LogP contribution in [0.4, 0.5) is 10.2 Å². The number of aryl methyl sites for hydroxylation is 1. The van der Waals surface area contributed by atoms with Gasteiger partial charge in [0, 0.05) is 18.8 Å². The van der Waals surface area contributed by atoms with Crippen molar-refractivity contribution in [1.29, 1.82) is 0 Å². The SMILES string of the molecule is Cc1ccc(N[C@@H]2C[C@H]3CC[C@@H]2N(C(=O)c2cccc(F)c2-n2nccn2)C3)nc1. The van der Waals surface area contributed by atoms with E-state index in [1.807, 2.05) is 30.2 Å². The molecule has 3 aromatic rings. The molecule has 0 spiro atoms. The Hall–Kier alpha value is -3.29. The van der Waals surface area contributed by atoms with Gasteiger partial charge >= 0.3 is 0 Å². The molecule has 1 aromatic carbocycles. The zero-order chi connectivity index (χ0) is 20.7. The first-order valence-electron chi connectivity index (χ1n) is 10.3. The lowest BCUT2D eigenvalue weighted by atomic mass is 9.76. The maximum Gasteiger partial charge on any atom is 0.256 e. The number of fused-ring (bicyclic) bond motifs is 3. The summed E-state index contributed by atoms with van der Waals surface area (Å²) in [5.41, 5.74) is 1.48. The molecule has 1 N–H and O–H groups in total. The second-order valence-corrected chi connectivity index (χ2v) is 8.13. The standard InChI is InChI=1S/C22H23FN6O/c1-14-5-8-20(24-12-14)27-18-11-15-6-7-19(18)28(13-15)22(30)16-3-2-4-17(23)21(16)29-25-9-10-26-29/h2-5,8-10,12,15,18-19H,6-7,11,13H2,1H3,(H,24,27)/t15-,18-,19+/m1/s1.